The summed E-state index contributed by atoms with van der Waals surface area (Å²) >= 11 is 0. The minimum absolute atomic E-state index is 0.151. The van der Waals surface area contributed by atoms with E-state index in [4.69, 9.17) is 9.57 Å². The molecule has 0 fully saturated rings. The van der Waals surface area contributed by atoms with Gasteiger partial charge in [0.2, 0.25) is 6.41 Å². The second-order valence-electron chi connectivity index (χ2n) is 8.02. The molecule has 0 bridgehead atoms. The Labute approximate surface area is 188 Å². The van der Waals surface area contributed by atoms with Crippen LogP contribution in [0.5, 0.6) is 0 Å². The third-order valence-electron chi connectivity index (χ3n) is 3.62. The molecule has 0 radical (unpaired) electrons. The molecule has 0 spiro atoms. The molecule has 0 aliphatic rings. The number of allylic oxidation sites excluding steroid dienone is 5. The maximum absolute atomic E-state index is 11.5. The Morgan fingerprint density at radius 3 is 2.32 bits per heavy atom. The predicted octanol–water partition coefficient (Wildman–Crippen LogP) is 3.92. The van der Waals surface area contributed by atoms with Crippen molar-refractivity contribution in [3.8, 4) is 0 Å². The standard InChI is InChI=1S/C15H30N4O4.C8H12/c1-11(2)12(13(18-10-20)19-22-6)16-8-7-9-17-14(21)23-15(3,4)5;1-4-6-7-8(3)5-2/h10-12,16H,7-9H2,1-6H3,(H,17,21)(H,18,19,20);4-7H,2H2,1,3H3/b;6-4-,8-7-. The van der Waals surface area contributed by atoms with Crippen LogP contribution in [0.15, 0.2) is 41.6 Å². The van der Waals surface area contributed by atoms with Crippen molar-refractivity contribution < 1.29 is 19.2 Å². The molecule has 8 nitrogen and oxygen atoms in total. The first-order chi connectivity index (χ1) is 14.5. The molecule has 0 heterocycles. The van der Waals surface area contributed by atoms with Crippen molar-refractivity contribution in [3.05, 3.63) is 36.5 Å². The van der Waals surface area contributed by atoms with E-state index in [1.165, 1.54) is 12.7 Å². The van der Waals surface area contributed by atoms with Crippen LogP contribution in [0, 0.1) is 5.92 Å². The van der Waals surface area contributed by atoms with E-state index in [0.717, 1.165) is 0 Å². The van der Waals surface area contributed by atoms with Gasteiger partial charge in [-0.2, -0.15) is 0 Å². The van der Waals surface area contributed by atoms with Gasteiger partial charge in [-0.05, 0) is 53.5 Å². The summed E-state index contributed by atoms with van der Waals surface area (Å²) < 4.78 is 5.15. The van der Waals surface area contributed by atoms with Crippen molar-refractivity contribution in [2.45, 2.75) is 66.5 Å². The lowest BCUT2D eigenvalue weighted by molar-refractivity contribution is -0.108. The molecule has 0 saturated heterocycles. The molecule has 0 rings (SSSR count). The molecule has 8 heteroatoms. The Morgan fingerprint density at radius 1 is 1.23 bits per heavy atom. The third-order valence-corrected chi connectivity index (χ3v) is 3.62. The number of amides is 2. The van der Waals surface area contributed by atoms with Crippen LogP contribution >= 0.6 is 0 Å². The number of nitrogens with zero attached hydrogens (tertiary/aromatic N) is 1. The minimum atomic E-state index is -0.503. The Balaban J connectivity index is 0. The van der Waals surface area contributed by atoms with E-state index in [1.807, 2.05) is 72.8 Å². The van der Waals surface area contributed by atoms with Gasteiger partial charge in [-0.25, -0.2) is 4.79 Å². The van der Waals surface area contributed by atoms with E-state index in [9.17, 15) is 9.59 Å². The summed E-state index contributed by atoms with van der Waals surface area (Å²) in [6, 6.07) is -0.151. The molecule has 1 unspecified atom stereocenters. The SMILES string of the molecule is C=C/C(C)=C\C=C/C.CO/N=C(\NC=O)C(NCCCNC(=O)OC(C)(C)C)C(C)C. The number of carbonyl (C=O) groups is 2. The second-order valence-corrected chi connectivity index (χ2v) is 8.02. The molecular weight excluding hydrogens is 396 g/mol. The number of nitrogens with one attached hydrogen (secondary N) is 3. The molecule has 0 saturated carbocycles. The van der Waals surface area contributed by atoms with E-state index in [-0.39, 0.29) is 12.0 Å². The van der Waals surface area contributed by atoms with Gasteiger partial charge in [0.05, 0.1) is 6.04 Å². The summed E-state index contributed by atoms with van der Waals surface area (Å²) in [5.74, 6) is 0.632. The number of amidine groups is 1. The van der Waals surface area contributed by atoms with Crippen molar-refractivity contribution >= 4 is 18.3 Å². The molecular formula is C23H42N4O4. The van der Waals surface area contributed by atoms with Crippen LogP contribution in [0.25, 0.3) is 0 Å². The van der Waals surface area contributed by atoms with Gasteiger partial charge in [0.15, 0.2) is 5.84 Å². The minimum Gasteiger partial charge on any atom is -0.444 e. The Hall–Kier alpha value is -2.61. The van der Waals surface area contributed by atoms with Crippen molar-refractivity contribution in [2.75, 3.05) is 20.2 Å². The molecule has 0 aromatic carbocycles. The van der Waals surface area contributed by atoms with Gasteiger partial charge in [-0.15, -0.1) is 0 Å². The lowest BCUT2D eigenvalue weighted by atomic mass is 10.0. The highest BCUT2D eigenvalue weighted by atomic mass is 16.6. The number of carbonyl (C=O) groups excluding carboxylic acids is 2. The van der Waals surface area contributed by atoms with Gasteiger partial charge in [0.25, 0.3) is 0 Å². The Morgan fingerprint density at radius 2 is 1.87 bits per heavy atom. The summed E-state index contributed by atoms with van der Waals surface area (Å²) in [4.78, 5) is 26.9. The van der Waals surface area contributed by atoms with E-state index in [2.05, 4.69) is 27.7 Å². The maximum Gasteiger partial charge on any atom is 0.407 e. The third kappa shape index (κ3) is 19.1. The maximum atomic E-state index is 11.5. The molecule has 0 aliphatic heterocycles. The van der Waals surface area contributed by atoms with Crippen LogP contribution < -0.4 is 16.0 Å². The van der Waals surface area contributed by atoms with E-state index in [0.29, 0.717) is 31.8 Å². The van der Waals surface area contributed by atoms with Crippen LogP contribution in [0.3, 0.4) is 0 Å². The summed E-state index contributed by atoms with van der Waals surface area (Å²) in [6.07, 6.45) is 8.70. The zero-order valence-electron chi connectivity index (χ0n) is 20.5. The molecule has 0 aromatic rings. The fourth-order valence-corrected chi connectivity index (χ4v) is 2.15. The highest BCUT2D eigenvalue weighted by Crippen LogP contribution is 2.06. The fourth-order valence-electron chi connectivity index (χ4n) is 2.15. The van der Waals surface area contributed by atoms with Gasteiger partial charge in [-0.3, -0.25) is 4.79 Å². The zero-order chi connectivity index (χ0) is 24.3. The van der Waals surface area contributed by atoms with Crippen LogP contribution in [0.4, 0.5) is 4.79 Å². The summed E-state index contributed by atoms with van der Waals surface area (Å²) in [5.41, 5.74) is 0.694. The molecule has 0 aromatic heterocycles. The van der Waals surface area contributed by atoms with Crippen LogP contribution in [0.1, 0.15) is 54.9 Å². The highest BCUT2D eigenvalue weighted by Gasteiger charge is 2.20. The summed E-state index contributed by atoms with van der Waals surface area (Å²) in [6.45, 7) is 18.2. The van der Waals surface area contributed by atoms with Crippen molar-refractivity contribution in [1.29, 1.82) is 0 Å². The largest absolute Gasteiger partial charge is 0.444 e. The topological polar surface area (TPSA) is 101 Å². The Kier molecular flexibility index (Phi) is 17.9. The fraction of sp³-hybridized carbons (Fsp3) is 0.609. The first kappa shape index (κ1) is 30.6. The molecule has 0 aliphatic carbocycles. The van der Waals surface area contributed by atoms with E-state index < -0.39 is 11.7 Å². The molecule has 178 valence electrons. The first-order valence-corrected chi connectivity index (χ1v) is 10.5. The molecule has 2 amide bonds. The summed E-state index contributed by atoms with van der Waals surface area (Å²) in [7, 11) is 1.43. The van der Waals surface area contributed by atoms with Crippen molar-refractivity contribution in [1.82, 2.24) is 16.0 Å². The van der Waals surface area contributed by atoms with Gasteiger partial charge in [-0.1, -0.05) is 55.5 Å². The van der Waals surface area contributed by atoms with Crippen LogP contribution in [-0.2, 0) is 14.4 Å². The van der Waals surface area contributed by atoms with Crippen LogP contribution in [0.2, 0.25) is 0 Å². The number of ether oxygens (including phenoxy) is 1. The number of rotatable bonds is 11. The van der Waals surface area contributed by atoms with Gasteiger partial charge >= 0.3 is 6.09 Å². The highest BCUT2D eigenvalue weighted by molar-refractivity contribution is 5.94. The van der Waals surface area contributed by atoms with Gasteiger partial charge in [0, 0.05) is 6.54 Å². The van der Waals surface area contributed by atoms with Gasteiger partial charge < -0.3 is 25.5 Å². The smallest absolute Gasteiger partial charge is 0.407 e. The number of oxime groups is 1. The lowest BCUT2D eigenvalue weighted by Crippen LogP contribution is -2.48. The quantitative estimate of drug-likeness (QED) is 0.113. The number of hydrogen-bond acceptors (Lipinski definition) is 6. The zero-order valence-corrected chi connectivity index (χ0v) is 20.5. The molecule has 3 N–H and O–H groups in total. The summed E-state index contributed by atoms with van der Waals surface area (Å²) in [5, 5.41) is 12.3. The second kappa shape index (κ2) is 18.2. The predicted molar refractivity (Wildman–Crippen MR) is 128 cm³/mol. The van der Waals surface area contributed by atoms with Crippen molar-refractivity contribution in [2.24, 2.45) is 11.1 Å². The average Bonchev–Trinajstić information content (AvgIpc) is 2.67. The monoisotopic (exact) mass is 438 g/mol. The lowest BCUT2D eigenvalue weighted by Gasteiger charge is -2.23. The first-order valence-electron chi connectivity index (χ1n) is 10.5. The number of alkyl carbamates (subject to hydrolysis) is 1. The van der Waals surface area contributed by atoms with E-state index in [1.54, 1.807) is 0 Å². The van der Waals surface area contributed by atoms with Gasteiger partial charge in [0.1, 0.15) is 12.7 Å². The molecule has 1 atom stereocenters. The normalized spacial score (nSPS) is 13.2. The van der Waals surface area contributed by atoms with E-state index >= 15 is 0 Å². The number of hydrogen-bond donors (Lipinski definition) is 3. The van der Waals surface area contributed by atoms with Crippen molar-refractivity contribution in [3.63, 3.8) is 0 Å². The molecule has 31 heavy (non-hydrogen) atoms. The Bertz CT molecular complexity index is 605. The van der Waals surface area contributed by atoms with Crippen LogP contribution in [-0.4, -0.2) is 50.2 Å². The average molecular weight is 439 g/mol.